The van der Waals surface area contributed by atoms with Crippen LogP contribution in [0.25, 0.3) is 0 Å². The number of phosphoric ester groups is 1. The number of likely N-dealkylation sites (N-methyl/N-ethyl adjacent to an activating group) is 1. The van der Waals surface area contributed by atoms with E-state index in [-0.39, 0.29) is 19.8 Å². The average Bonchev–Trinajstić information content (AvgIpc) is 2.83. The second-order valence-corrected chi connectivity index (χ2v) is 12.3. The smallest absolute Gasteiger partial charge is 0.268 e. The van der Waals surface area contributed by atoms with E-state index in [0.717, 1.165) is 25.7 Å². The lowest BCUT2D eigenvalue weighted by Gasteiger charge is -2.28. The maximum Gasteiger partial charge on any atom is 0.268 e. The van der Waals surface area contributed by atoms with Crippen molar-refractivity contribution in [3.05, 3.63) is 24.8 Å². The molecule has 0 spiro atoms. The average molecular weight is 548 g/mol. The van der Waals surface area contributed by atoms with E-state index in [4.69, 9.17) is 18.5 Å². The van der Waals surface area contributed by atoms with E-state index < -0.39 is 13.9 Å². The van der Waals surface area contributed by atoms with Gasteiger partial charge in [0.05, 0.1) is 41.0 Å². The van der Waals surface area contributed by atoms with Gasteiger partial charge in [0.15, 0.2) is 0 Å². The third-order valence-corrected chi connectivity index (χ3v) is 6.94. The summed E-state index contributed by atoms with van der Waals surface area (Å²) < 4.78 is 34.0. The fourth-order valence-corrected chi connectivity index (χ4v) is 4.39. The minimum absolute atomic E-state index is 0.0805. The van der Waals surface area contributed by atoms with Crippen LogP contribution >= 0.6 is 7.82 Å². The van der Waals surface area contributed by atoms with Gasteiger partial charge in [-0.3, -0.25) is 4.57 Å². The van der Waals surface area contributed by atoms with E-state index in [1.54, 1.807) is 6.08 Å². The van der Waals surface area contributed by atoms with Crippen LogP contribution in [-0.2, 0) is 23.1 Å². The normalized spacial score (nSPS) is 14.7. The zero-order valence-electron chi connectivity index (χ0n) is 24.5. The van der Waals surface area contributed by atoms with Crippen LogP contribution in [0, 0.1) is 0 Å². The second-order valence-electron chi connectivity index (χ2n) is 10.8. The molecular weight excluding hydrogens is 489 g/mol. The number of phosphoric acid groups is 1. The predicted molar refractivity (Wildman–Crippen MR) is 153 cm³/mol. The van der Waals surface area contributed by atoms with Gasteiger partial charge >= 0.3 is 0 Å². The van der Waals surface area contributed by atoms with Crippen molar-refractivity contribution in [1.82, 2.24) is 0 Å². The first-order valence-electron chi connectivity index (χ1n) is 14.6. The highest BCUT2D eigenvalue weighted by Gasteiger charge is 2.17. The molecule has 7 nitrogen and oxygen atoms in total. The summed E-state index contributed by atoms with van der Waals surface area (Å²) in [6.07, 6.45) is 23.5. The van der Waals surface area contributed by atoms with Crippen LogP contribution in [0.1, 0.15) is 96.8 Å². The minimum atomic E-state index is -4.37. The molecule has 0 amide bonds. The molecule has 0 radical (unpaired) electrons. The van der Waals surface area contributed by atoms with Crippen molar-refractivity contribution < 1.29 is 32.5 Å². The monoisotopic (exact) mass is 547 g/mol. The highest BCUT2D eigenvalue weighted by atomic mass is 31.2. The minimum Gasteiger partial charge on any atom is -0.756 e. The summed E-state index contributed by atoms with van der Waals surface area (Å²) in [7, 11) is 1.53. The number of quaternary nitrogens is 1. The standard InChI is InChI=1S/C29H58NO6P/c1-6-8-9-10-11-12-13-14-15-16-17-18-19-20-21-22-25-34-29(27-33-24-7-2)28-36-37(31,32)35-26-23-30(3,4)5/h7,16-17,29H,2,6,8-15,18-28H2,1,3-5H3/b17-16-/t29-/m0/s1. The molecule has 37 heavy (non-hydrogen) atoms. The predicted octanol–water partition coefficient (Wildman–Crippen LogP) is 6.82. The molecule has 0 aromatic rings. The Morgan fingerprint density at radius 3 is 1.95 bits per heavy atom. The molecule has 2 atom stereocenters. The topological polar surface area (TPSA) is 77.1 Å². The van der Waals surface area contributed by atoms with Crippen LogP contribution in [0.3, 0.4) is 0 Å². The lowest BCUT2D eigenvalue weighted by molar-refractivity contribution is -0.870. The Morgan fingerprint density at radius 1 is 0.811 bits per heavy atom. The summed E-state index contributed by atoms with van der Waals surface area (Å²) in [5.41, 5.74) is 0. The van der Waals surface area contributed by atoms with Crippen LogP contribution < -0.4 is 4.89 Å². The third kappa shape index (κ3) is 28.3. The SMILES string of the molecule is C=CCOC[C@@H](COP(=O)([O-])OCC[N+](C)(C)C)OCCCCCC/C=C\CCCCCCCCCC. The molecular formula is C29H58NO6P. The molecule has 0 saturated heterocycles. The first kappa shape index (κ1) is 36.5. The van der Waals surface area contributed by atoms with Crippen LogP contribution in [0.2, 0.25) is 0 Å². The maximum absolute atomic E-state index is 12.0. The van der Waals surface area contributed by atoms with Gasteiger partial charge in [0.1, 0.15) is 19.3 Å². The molecule has 0 aromatic heterocycles. The second kappa shape index (κ2) is 24.5. The lowest BCUT2D eigenvalue weighted by atomic mass is 10.1. The van der Waals surface area contributed by atoms with E-state index in [1.165, 1.54) is 64.2 Å². The molecule has 0 aliphatic rings. The van der Waals surface area contributed by atoms with Crippen molar-refractivity contribution in [2.45, 2.75) is 103 Å². The fraction of sp³-hybridized carbons (Fsp3) is 0.862. The summed E-state index contributed by atoms with van der Waals surface area (Å²) in [4.78, 5) is 12.0. The largest absolute Gasteiger partial charge is 0.756 e. The van der Waals surface area contributed by atoms with Gasteiger partial charge in [0, 0.05) is 6.61 Å². The molecule has 0 fully saturated rings. The van der Waals surface area contributed by atoms with Gasteiger partial charge in [-0.15, -0.1) is 6.58 Å². The van der Waals surface area contributed by atoms with Crippen molar-refractivity contribution >= 4 is 7.82 Å². The first-order valence-corrected chi connectivity index (χ1v) is 16.0. The van der Waals surface area contributed by atoms with Gasteiger partial charge in [-0.05, 0) is 32.1 Å². The van der Waals surface area contributed by atoms with Crippen LogP contribution in [0.4, 0.5) is 0 Å². The fourth-order valence-electron chi connectivity index (χ4n) is 3.66. The van der Waals surface area contributed by atoms with E-state index >= 15 is 0 Å². The van der Waals surface area contributed by atoms with E-state index in [9.17, 15) is 9.46 Å². The summed E-state index contributed by atoms with van der Waals surface area (Å²) >= 11 is 0. The summed E-state index contributed by atoms with van der Waals surface area (Å²) in [5.74, 6) is 0. The Morgan fingerprint density at radius 2 is 1.38 bits per heavy atom. The molecule has 220 valence electrons. The van der Waals surface area contributed by atoms with Gasteiger partial charge < -0.3 is 27.9 Å². The molecule has 0 aliphatic carbocycles. The molecule has 0 rings (SSSR count). The van der Waals surface area contributed by atoms with E-state index in [2.05, 4.69) is 25.7 Å². The number of rotatable bonds is 28. The molecule has 0 heterocycles. The van der Waals surface area contributed by atoms with Gasteiger partial charge in [-0.25, -0.2) is 0 Å². The molecule has 0 N–H and O–H groups in total. The number of hydrogen-bond donors (Lipinski definition) is 0. The highest BCUT2D eigenvalue weighted by Crippen LogP contribution is 2.38. The van der Waals surface area contributed by atoms with Gasteiger partial charge in [-0.2, -0.15) is 0 Å². The quantitative estimate of drug-likeness (QED) is 0.0463. The van der Waals surface area contributed by atoms with Crippen molar-refractivity contribution in [1.29, 1.82) is 0 Å². The van der Waals surface area contributed by atoms with Gasteiger partial charge in [0.2, 0.25) is 0 Å². The van der Waals surface area contributed by atoms with Crippen molar-refractivity contribution in [3.63, 3.8) is 0 Å². The zero-order chi connectivity index (χ0) is 27.7. The Labute approximate surface area is 228 Å². The van der Waals surface area contributed by atoms with Crippen molar-refractivity contribution in [3.8, 4) is 0 Å². The Balaban J connectivity index is 3.88. The zero-order valence-corrected chi connectivity index (χ0v) is 25.4. The Hall–Kier alpha value is -0.530. The summed E-state index contributed by atoms with van der Waals surface area (Å²) in [5, 5.41) is 0. The Kier molecular flexibility index (Phi) is 24.2. The molecule has 0 aliphatic heterocycles. The molecule has 0 saturated carbocycles. The first-order chi connectivity index (χ1) is 17.7. The van der Waals surface area contributed by atoms with Crippen molar-refractivity contribution in [2.24, 2.45) is 0 Å². The Bertz CT molecular complexity index is 593. The van der Waals surface area contributed by atoms with Crippen LogP contribution in [0.5, 0.6) is 0 Å². The van der Waals surface area contributed by atoms with Crippen molar-refractivity contribution in [2.75, 3.05) is 60.7 Å². The highest BCUT2D eigenvalue weighted by molar-refractivity contribution is 7.45. The molecule has 0 bridgehead atoms. The summed E-state index contributed by atoms with van der Waals surface area (Å²) in [6.45, 7) is 7.59. The molecule has 1 unspecified atom stereocenters. The van der Waals surface area contributed by atoms with Crippen LogP contribution in [-0.4, -0.2) is 71.3 Å². The summed E-state index contributed by atoms with van der Waals surface area (Å²) in [6, 6.07) is 0. The lowest BCUT2D eigenvalue weighted by Crippen LogP contribution is -2.37. The molecule has 8 heteroatoms. The number of nitrogens with zero attached hydrogens (tertiary/aromatic N) is 1. The number of ether oxygens (including phenoxy) is 2. The van der Waals surface area contributed by atoms with Gasteiger partial charge in [0.25, 0.3) is 7.82 Å². The van der Waals surface area contributed by atoms with Crippen LogP contribution in [0.15, 0.2) is 24.8 Å². The molecule has 0 aromatic carbocycles. The third-order valence-electron chi connectivity index (χ3n) is 5.98. The number of hydrogen-bond acceptors (Lipinski definition) is 6. The number of unbranched alkanes of at least 4 members (excludes halogenated alkanes) is 12. The van der Waals surface area contributed by atoms with E-state index in [0.29, 0.717) is 24.2 Å². The maximum atomic E-state index is 12.0. The van der Waals surface area contributed by atoms with E-state index in [1.807, 2.05) is 21.1 Å². The van der Waals surface area contributed by atoms with Gasteiger partial charge in [-0.1, -0.05) is 82.9 Å². The number of allylic oxidation sites excluding steroid dienone is 2.